The number of aryl methyl sites for hydroxylation is 1. The number of nitrogens with zero attached hydrogens (tertiary/aromatic N) is 3. The Morgan fingerprint density at radius 2 is 1.57 bits per heavy atom. The summed E-state index contributed by atoms with van der Waals surface area (Å²) in [6, 6.07) is 19.0. The Balaban J connectivity index is 2.05. The first-order valence-corrected chi connectivity index (χ1v) is 12.5. The standard InChI is InChI=1S/C20H18BrN3O4S2/c1-16-7-10-19(11-8-16)29(25,26)23(14-13-22)15-17-9-12-20(21)24(17)30(27,28)18-5-3-2-4-6-18/h2-12H,14-15H2,1H3. The highest BCUT2D eigenvalue weighted by atomic mass is 79.9. The monoisotopic (exact) mass is 507 g/mol. The van der Waals surface area contributed by atoms with Crippen LogP contribution in [0.3, 0.4) is 0 Å². The highest BCUT2D eigenvalue weighted by Crippen LogP contribution is 2.26. The van der Waals surface area contributed by atoms with E-state index in [4.69, 9.17) is 0 Å². The summed E-state index contributed by atoms with van der Waals surface area (Å²) in [6.07, 6.45) is 0. The molecule has 30 heavy (non-hydrogen) atoms. The molecular formula is C20H18BrN3O4S2. The summed E-state index contributed by atoms with van der Waals surface area (Å²) in [5, 5.41) is 9.19. The van der Waals surface area contributed by atoms with E-state index < -0.39 is 26.6 Å². The first-order chi connectivity index (χ1) is 14.2. The molecule has 0 fully saturated rings. The van der Waals surface area contributed by atoms with Crippen molar-refractivity contribution in [3.8, 4) is 6.07 Å². The van der Waals surface area contributed by atoms with Crippen molar-refractivity contribution in [2.45, 2.75) is 23.3 Å². The van der Waals surface area contributed by atoms with Gasteiger partial charge in [-0.1, -0.05) is 35.9 Å². The van der Waals surface area contributed by atoms with Crippen molar-refractivity contribution in [2.24, 2.45) is 0 Å². The van der Waals surface area contributed by atoms with Crippen molar-refractivity contribution in [2.75, 3.05) is 6.54 Å². The molecule has 0 bridgehead atoms. The molecule has 156 valence electrons. The maximum atomic E-state index is 13.1. The van der Waals surface area contributed by atoms with E-state index in [1.165, 1.54) is 36.4 Å². The molecule has 0 saturated carbocycles. The zero-order valence-electron chi connectivity index (χ0n) is 15.9. The SMILES string of the molecule is Cc1ccc(S(=O)(=O)N(CC#N)Cc2ccc(Br)n2S(=O)(=O)c2ccccc2)cc1. The van der Waals surface area contributed by atoms with Crippen molar-refractivity contribution >= 4 is 36.0 Å². The predicted molar refractivity (Wildman–Crippen MR) is 116 cm³/mol. The maximum absolute atomic E-state index is 13.1. The van der Waals surface area contributed by atoms with E-state index in [1.54, 1.807) is 30.3 Å². The van der Waals surface area contributed by atoms with Gasteiger partial charge in [0, 0.05) is 0 Å². The fourth-order valence-corrected chi connectivity index (χ4v) is 6.54. The topological polar surface area (TPSA) is 100 Å². The van der Waals surface area contributed by atoms with Gasteiger partial charge < -0.3 is 0 Å². The number of rotatable bonds is 7. The maximum Gasteiger partial charge on any atom is 0.268 e. The second-order valence-corrected chi connectivity index (χ2v) is 11.0. The number of sulfonamides is 1. The van der Waals surface area contributed by atoms with Gasteiger partial charge in [-0.25, -0.2) is 20.8 Å². The number of hydrogen-bond donors (Lipinski definition) is 0. The third-order valence-corrected chi connectivity index (χ3v) is 8.83. The molecule has 0 aliphatic heterocycles. The van der Waals surface area contributed by atoms with E-state index in [0.29, 0.717) is 0 Å². The van der Waals surface area contributed by atoms with Gasteiger partial charge in [-0.3, -0.25) is 0 Å². The largest absolute Gasteiger partial charge is 0.268 e. The minimum atomic E-state index is -4.01. The van der Waals surface area contributed by atoms with E-state index in [-0.39, 0.29) is 26.6 Å². The van der Waals surface area contributed by atoms with E-state index in [9.17, 15) is 22.1 Å². The fourth-order valence-electron chi connectivity index (χ4n) is 2.87. The van der Waals surface area contributed by atoms with E-state index >= 15 is 0 Å². The lowest BCUT2D eigenvalue weighted by Gasteiger charge is -2.21. The van der Waals surface area contributed by atoms with Crippen LogP contribution >= 0.6 is 15.9 Å². The van der Waals surface area contributed by atoms with Gasteiger partial charge in [0.05, 0.1) is 28.1 Å². The lowest BCUT2D eigenvalue weighted by atomic mass is 10.2. The van der Waals surface area contributed by atoms with Crippen molar-refractivity contribution in [1.82, 2.24) is 8.28 Å². The Labute approximate surface area is 184 Å². The van der Waals surface area contributed by atoms with Crippen LogP contribution < -0.4 is 0 Å². The summed E-state index contributed by atoms with van der Waals surface area (Å²) in [5.74, 6) is 0. The van der Waals surface area contributed by atoms with Crippen LogP contribution in [0.1, 0.15) is 11.3 Å². The quantitative estimate of drug-likeness (QED) is 0.455. The fraction of sp³-hybridized carbons (Fsp3) is 0.150. The summed E-state index contributed by atoms with van der Waals surface area (Å²) in [5.41, 5.74) is 1.10. The van der Waals surface area contributed by atoms with Crippen molar-refractivity contribution in [3.05, 3.63) is 82.6 Å². The number of halogens is 1. The van der Waals surface area contributed by atoms with Crippen LogP contribution in [0, 0.1) is 18.3 Å². The lowest BCUT2D eigenvalue weighted by Crippen LogP contribution is -2.32. The Kier molecular flexibility index (Phi) is 6.47. The van der Waals surface area contributed by atoms with E-state index in [0.717, 1.165) is 13.8 Å². The molecule has 0 aliphatic carbocycles. The van der Waals surface area contributed by atoms with Crippen LogP contribution in [-0.4, -0.2) is 31.7 Å². The summed E-state index contributed by atoms with van der Waals surface area (Å²) in [6.45, 7) is 1.12. The number of hydrogen-bond acceptors (Lipinski definition) is 5. The van der Waals surface area contributed by atoms with Crippen LogP contribution in [0.15, 0.2) is 81.1 Å². The van der Waals surface area contributed by atoms with Crippen LogP contribution in [0.5, 0.6) is 0 Å². The first-order valence-electron chi connectivity index (χ1n) is 8.78. The highest BCUT2D eigenvalue weighted by molar-refractivity contribution is 9.10. The van der Waals surface area contributed by atoms with Crippen molar-refractivity contribution in [1.29, 1.82) is 5.26 Å². The minimum Gasteiger partial charge on any atom is -0.231 e. The molecule has 0 spiro atoms. The first kappa shape index (κ1) is 22.2. The molecule has 7 nitrogen and oxygen atoms in total. The predicted octanol–water partition coefficient (Wildman–Crippen LogP) is 3.51. The van der Waals surface area contributed by atoms with E-state index in [1.807, 2.05) is 13.0 Å². The van der Waals surface area contributed by atoms with Gasteiger partial charge in [0.1, 0.15) is 11.1 Å². The van der Waals surface area contributed by atoms with Gasteiger partial charge in [-0.15, -0.1) is 0 Å². The smallest absolute Gasteiger partial charge is 0.231 e. The van der Waals surface area contributed by atoms with Gasteiger partial charge in [0.15, 0.2) is 0 Å². The minimum absolute atomic E-state index is 0.0337. The summed E-state index contributed by atoms with van der Waals surface area (Å²) in [4.78, 5) is 0.0998. The molecule has 3 aromatic rings. The Bertz CT molecular complexity index is 1290. The molecule has 0 amide bonds. The van der Waals surface area contributed by atoms with Crippen molar-refractivity contribution in [3.63, 3.8) is 0 Å². The molecule has 2 aromatic carbocycles. The Morgan fingerprint density at radius 3 is 2.17 bits per heavy atom. The third kappa shape index (κ3) is 4.34. The Hall–Kier alpha value is -2.45. The van der Waals surface area contributed by atoms with Gasteiger partial charge in [0.25, 0.3) is 10.0 Å². The van der Waals surface area contributed by atoms with Gasteiger partial charge >= 0.3 is 0 Å². The third-order valence-electron chi connectivity index (χ3n) is 4.39. The molecule has 0 atom stereocenters. The molecule has 0 N–H and O–H groups in total. The van der Waals surface area contributed by atoms with Crippen LogP contribution in [-0.2, 0) is 26.6 Å². The molecule has 1 heterocycles. The summed E-state index contributed by atoms with van der Waals surface area (Å²) in [7, 11) is -7.98. The van der Waals surface area contributed by atoms with E-state index in [2.05, 4.69) is 15.9 Å². The highest BCUT2D eigenvalue weighted by Gasteiger charge is 2.29. The summed E-state index contributed by atoms with van der Waals surface area (Å²) >= 11 is 3.23. The number of aromatic nitrogens is 1. The average molecular weight is 508 g/mol. The molecule has 3 rings (SSSR count). The molecule has 0 radical (unpaired) electrons. The average Bonchev–Trinajstić information content (AvgIpc) is 3.09. The van der Waals surface area contributed by atoms with Crippen LogP contribution in [0.2, 0.25) is 0 Å². The molecule has 10 heteroatoms. The number of nitriles is 1. The second kappa shape index (κ2) is 8.73. The van der Waals surface area contributed by atoms with Gasteiger partial charge in [-0.2, -0.15) is 9.57 Å². The molecular weight excluding hydrogens is 490 g/mol. The van der Waals surface area contributed by atoms with Crippen LogP contribution in [0.25, 0.3) is 0 Å². The molecule has 0 saturated heterocycles. The van der Waals surface area contributed by atoms with Gasteiger partial charge in [-0.05, 0) is 59.3 Å². The molecule has 0 aliphatic rings. The zero-order valence-corrected chi connectivity index (χ0v) is 19.2. The normalized spacial score (nSPS) is 12.1. The number of benzene rings is 2. The molecule has 1 aromatic heterocycles. The Morgan fingerprint density at radius 1 is 0.933 bits per heavy atom. The van der Waals surface area contributed by atoms with Crippen molar-refractivity contribution < 1.29 is 16.8 Å². The molecule has 0 unspecified atom stereocenters. The summed E-state index contributed by atoms with van der Waals surface area (Å²) < 4.78 is 54.7. The second-order valence-electron chi connectivity index (χ2n) is 6.47. The lowest BCUT2D eigenvalue weighted by molar-refractivity contribution is 0.434. The zero-order chi connectivity index (χ0) is 21.9. The van der Waals surface area contributed by atoms with Gasteiger partial charge in [0.2, 0.25) is 10.0 Å². The van der Waals surface area contributed by atoms with Crippen LogP contribution in [0.4, 0.5) is 0 Å².